The number of para-hydroxylation sites is 2. The molecule has 0 atom stereocenters. The topological polar surface area (TPSA) is 64.7 Å². The fraction of sp³-hybridized carbons (Fsp3) is 0. The maximum absolute atomic E-state index is 10.9. The van der Waals surface area contributed by atoms with E-state index in [2.05, 4.69) is 10.6 Å². The molecule has 118 valence electrons. The molecule has 0 amide bonds. The van der Waals surface area contributed by atoms with E-state index in [0.29, 0.717) is 5.69 Å². The van der Waals surface area contributed by atoms with Crippen LogP contribution in [0.1, 0.15) is 10.4 Å². The Bertz CT molecular complexity index is 803. The molecule has 0 bridgehead atoms. The van der Waals surface area contributed by atoms with Crippen molar-refractivity contribution in [2.45, 2.75) is 0 Å². The SMILES string of the molecule is O=C(O)c1ccc(NN=[N+](c2ccccc2)c2ccccc2)cc1. The van der Waals surface area contributed by atoms with Crippen LogP contribution in [0.15, 0.2) is 90.2 Å². The number of carboxylic acids is 1. The largest absolute Gasteiger partial charge is 0.478 e. The lowest BCUT2D eigenvalue weighted by atomic mass is 10.2. The fourth-order valence-electron chi connectivity index (χ4n) is 2.20. The van der Waals surface area contributed by atoms with Gasteiger partial charge in [-0.15, -0.1) is 5.43 Å². The minimum atomic E-state index is -0.950. The first kappa shape index (κ1) is 15.4. The summed E-state index contributed by atoms with van der Waals surface area (Å²) >= 11 is 0. The molecular weight excluding hydrogens is 302 g/mol. The molecule has 0 fully saturated rings. The molecular formula is C19H16N3O2+. The smallest absolute Gasteiger partial charge is 0.335 e. The van der Waals surface area contributed by atoms with Gasteiger partial charge in [0.2, 0.25) is 0 Å². The van der Waals surface area contributed by atoms with Gasteiger partial charge in [-0.05, 0) is 48.5 Å². The van der Waals surface area contributed by atoms with Crippen molar-refractivity contribution in [3.05, 3.63) is 90.5 Å². The van der Waals surface area contributed by atoms with Gasteiger partial charge in [0, 0.05) is 0 Å². The summed E-state index contributed by atoms with van der Waals surface area (Å²) in [5, 5.41) is 13.4. The second kappa shape index (κ2) is 7.19. The first-order chi connectivity index (χ1) is 11.7. The summed E-state index contributed by atoms with van der Waals surface area (Å²) in [6, 6.07) is 26.0. The Kier molecular flexibility index (Phi) is 4.62. The molecule has 3 rings (SSSR count). The highest BCUT2D eigenvalue weighted by Gasteiger charge is 2.10. The summed E-state index contributed by atoms with van der Waals surface area (Å²) in [6.07, 6.45) is 0. The van der Waals surface area contributed by atoms with Crippen LogP contribution in [0.25, 0.3) is 0 Å². The Balaban J connectivity index is 1.91. The predicted molar refractivity (Wildman–Crippen MR) is 93.8 cm³/mol. The molecule has 0 saturated carbocycles. The van der Waals surface area contributed by atoms with E-state index in [1.807, 2.05) is 60.7 Å². The Morgan fingerprint density at radius 2 is 1.29 bits per heavy atom. The van der Waals surface area contributed by atoms with Crippen molar-refractivity contribution in [2.75, 3.05) is 5.43 Å². The van der Waals surface area contributed by atoms with Gasteiger partial charge in [-0.3, -0.25) is 0 Å². The number of rotatable bonds is 5. The predicted octanol–water partition coefficient (Wildman–Crippen LogP) is 4.70. The molecule has 0 heterocycles. The van der Waals surface area contributed by atoms with E-state index in [0.717, 1.165) is 11.4 Å². The average molecular weight is 318 g/mol. The van der Waals surface area contributed by atoms with Crippen LogP contribution in [0, 0.1) is 0 Å². The lowest BCUT2D eigenvalue weighted by molar-refractivity contribution is 0.0697. The van der Waals surface area contributed by atoms with Crippen molar-refractivity contribution in [1.82, 2.24) is 4.70 Å². The molecule has 0 saturated heterocycles. The molecule has 5 nitrogen and oxygen atoms in total. The Morgan fingerprint density at radius 1 is 0.792 bits per heavy atom. The van der Waals surface area contributed by atoms with Crippen LogP contribution in [0.2, 0.25) is 0 Å². The van der Waals surface area contributed by atoms with Gasteiger partial charge < -0.3 is 5.11 Å². The average Bonchev–Trinajstić information content (AvgIpc) is 2.64. The third-order valence-electron chi connectivity index (χ3n) is 3.41. The van der Waals surface area contributed by atoms with Crippen LogP contribution >= 0.6 is 0 Å². The van der Waals surface area contributed by atoms with Gasteiger partial charge in [0.05, 0.1) is 10.8 Å². The lowest BCUT2D eigenvalue weighted by Gasteiger charge is -2.04. The first-order valence-corrected chi connectivity index (χ1v) is 7.44. The summed E-state index contributed by atoms with van der Waals surface area (Å²) in [6.45, 7) is 0. The molecule has 0 spiro atoms. The van der Waals surface area contributed by atoms with Crippen LogP contribution < -0.4 is 10.1 Å². The summed E-state index contributed by atoms with van der Waals surface area (Å²) in [5.74, 6) is -0.950. The second-order valence-electron chi connectivity index (χ2n) is 5.08. The summed E-state index contributed by atoms with van der Waals surface area (Å²) < 4.78 is 1.78. The number of anilines is 1. The normalized spacial score (nSPS) is 10.0. The van der Waals surface area contributed by atoms with Gasteiger partial charge in [0.25, 0.3) is 0 Å². The molecule has 5 heteroatoms. The van der Waals surface area contributed by atoms with Crippen LogP contribution in [0.4, 0.5) is 17.1 Å². The maximum Gasteiger partial charge on any atom is 0.335 e. The minimum absolute atomic E-state index is 0.239. The molecule has 0 radical (unpaired) electrons. The van der Waals surface area contributed by atoms with E-state index in [1.54, 1.807) is 16.8 Å². The van der Waals surface area contributed by atoms with Crippen LogP contribution in [0.5, 0.6) is 0 Å². The maximum atomic E-state index is 10.9. The molecule has 0 aromatic heterocycles. The van der Waals surface area contributed by atoms with Gasteiger partial charge in [0.15, 0.2) is 11.4 Å². The van der Waals surface area contributed by atoms with Gasteiger partial charge in [-0.1, -0.05) is 41.1 Å². The zero-order chi connectivity index (χ0) is 16.8. The van der Waals surface area contributed by atoms with E-state index >= 15 is 0 Å². The molecule has 0 aliphatic heterocycles. The zero-order valence-electron chi connectivity index (χ0n) is 12.8. The summed E-state index contributed by atoms with van der Waals surface area (Å²) in [5.41, 5.74) is 5.74. The highest BCUT2D eigenvalue weighted by Crippen LogP contribution is 2.21. The Morgan fingerprint density at radius 3 is 1.75 bits per heavy atom. The van der Waals surface area contributed by atoms with Crippen molar-refractivity contribution in [1.29, 1.82) is 0 Å². The van der Waals surface area contributed by atoms with Gasteiger partial charge in [-0.25, -0.2) is 4.79 Å². The van der Waals surface area contributed by atoms with Gasteiger partial charge >= 0.3 is 5.97 Å². The first-order valence-electron chi connectivity index (χ1n) is 7.44. The van der Waals surface area contributed by atoms with Gasteiger partial charge in [-0.2, -0.15) is 0 Å². The van der Waals surface area contributed by atoms with Crippen molar-refractivity contribution < 1.29 is 9.90 Å². The summed E-state index contributed by atoms with van der Waals surface area (Å²) in [7, 11) is 0. The van der Waals surface area contributed by atoms with Crippen molar-refractivity contribution in [3.8, 4) is 0 Å². The van der Waals surface area contributed by atoms with Crippen LogP contribution in [0.3, 0.4) is 0 Å². The van der Waals surface area contributed by atoms with E-state index < -0.39 is 5.97 Å². The molecule has 0 unspecified atom stereocenters. The number of benzene rings is 3. The standard InChI is InChI=1S/C19H15N3O2/c23-19(24)15-11-13-16(14-12-15)20-21-22(17-7-3-1-4-8-17)18-9-5-2-6-10-18/h1-14H,(H,23,24)/p+1. The number of hydrogen-bond acceptors (Lipinski definition) is 2. The number of carboxylic acid groups (broad SMARTS) is 1. The molecule has 0 aliphatic rings. The molecule has 0 aliphatic carbocycles. The number of nitrogens with zero attached hydrogens (tertiary/aromatic N) is 2. The summed E-state index contributed by atoms with van der Waals surface area (Å²) in [4.78, 5) is 10.9. The van der Waals surface area contributed by atoms with E-state index in [1.165, 1.54) is 12.1 Å². The second-order valence-corrected chi connectivity index (χ2v) is 5.08. The highest BCUT2D eigenvalue weighted by atomic mass is 16.4. The minimum Gasteiger partial charge on any atom is -0.478 e. The molecule has 24 heavy (non-hydrogen) atoms. The van der Waals surface area contributed by atoms with Gasteiger partial charge in [0.1, 0.15) is 5.69 Å². The van der Waals surface area contributed by atoms with Crippen molar-refractivity contribution in [2.24, 2.45) is 5.22 Å². The number of carbonyl (C=O) groups is 1. The van der Waals surface area contributed by atoms with Crippen molar-refractivity contribution >= 4 is 23.0 Å². The van der Waals surface area contributed by atoms with E-state index in [9.17, 15) is 4.79 Å². The molecule has 3 aromatic carbocycles. The quantitative estimate of drug-likeness (QED) is 0.407. The van der Waals surface area contributed by atoms with E-state index in [-0.39, 0.29) is 5.56 Å². The lowest BCUT2D eigenvalue weighted by Crippen LogP contribution is -2.05. The fourth-order valence-corrected chi connectivity index (χ4v) is 2.20. The highest BCUT2D eigenvalue weighted by molar-refractivity contribution is 5.87. The third kappa shape index (κ3) is 3.64. The number of nitrogens with one attached hydrogen (secondary N) is 1. The number of aromatic carboxylic acids is 1. The molecule has 2 N–H and O–H groups in total. The zero-order valence-corrected chi connectivity index (χ0v) is 12.8. The third-order valence-corrected chi connectivity index (χ3v) is 3.41. The Labute approximate surface area is 139 Å². The van der Waals surface area contributed by atoms with Crippen LogP contribution in [-0.4, -0.2) is 11.1 Å². The Hall–Kier alpha value is -3.47. The monoisotopic (exact) mass is 318 g/mol. The van der Waals surface area contributed by atoms with Crippen molar-refractivity contribution in [3.63, 3.8) is 0 Å². The van der Waals surface area contributed by atoms with E-state index in [4.69, 9.17) is 5.11 Å². The molecule has 3 aromatic rings. The number of hydrogen-bond donors (Lipinski definition) is 2. The van der Waals surface area contributed by atoms with Crippen LogP contribution in [-0.2, 0) is 0 Å².